The van der Waals surface area contributed by atoms with Crippen molar-refractivity contribution in [3.8, 4) is 0 Å². The Bertz CT molecular complexity index is 490. The van der Waals surface area contributed by atoms with Crippen LogP contribution >= 0.6 is 0 Å². The number of nitrogens with one attached hydrogen (secondary N) is 1. The molecule has 4 nitrogen and oxygen atoms in total. The van der Waals surface area contributed by atoms with Crippen molar-refractivity contribution in [1.29, 1.82) is 0 Å². The van der Waals surface area contributed by atoms with Crippen LogP contribution in [0.5, 0.6) is 0 Å². The minimum atomic E-state index is 0.0936. The summed E-state index contributed by atoms with van der Waals surface area (Å²) in [6.45, 7) is 6.74. The minimum absolute atomic E-state index is 0.0936. The van der Waals surface area contributed by atoms with Crippen LogP contribution in [0.4, 0.5) is 5.69 Å². The molecule has 2 aliphatic heterocycles. The van der Waals surface area contributed by atoms with Crippen LogP contribution in [0.3, 0.4) is 0 Å². The zero-order valence-corrected chi connectivity index (χ0v) is 11.0. The molecule has 0 saturated carbocycles. The van der Waals surface area contributed by atoms with Gasteiger partial charge in [-0.05, 0) is 38.3 Å². The Morgan fingerprint density at radius 2 is 2.22 bits per heavy atom. The fraction of sp³-hybridized carbons (Fsp3) is 0.571. The molecule has 1 atom stereocenters. The van der Waals surface area contributed by atoms with Crippen molar-refractivity contribution in [2.75, 3.05) is 19.7 Å². The Hall–Kier alpha value is -1.26. The van der Waals surface area contributed by atoms with E-state index in [1.54, 1.807) is 0 Å². The second-order valence-corrected chi connectivity index (χ2v) is 5.07. The fourth-order valence-electron chi connectivity index (χ4n) is 2.56. The largest absolute Gasteiger partial charge is 0.369 e. The number of aromatic nitrogens is 1. The first-order chi connectivity index (χ1) is 8.74. The molecular formula is C14H19N3O. The molecule has 0 radical (unpaired) electrons. The van der Waals surface area contributed by atoms with Crippen LogP contribution in [0.2, 0.25) is 0 Å². The van der Waals surface area contributed by atoms with Crippen molar-refractivity contribution < 1.29 is 4.74 Å². The number of pyridine rings is 1. The molecule has 2 aliphatic rings. The quantitative estimate of drug-likeness (QED) is 0.824. The Morgan fingerprint density at radius 3 is 3.00 bits per heavy atom. The molecule has 0 aliphatic carbocycles. The second-order valence-electron chi connectivity index (χ2n) is 5.07. The van der Waals surface area contributed by atoms with E-state index in [-0.39, 0.29) is 6.10 Å². The standard InChI is InChI=1S/C14H19N3O/c1-9-7-12-11(4-3-10(2)16-12)17-14(9)13-8-15-5-6-18-13/h7,13,15H,3-6,8H2,1-2H3. The Kier molecular flexibility index (Phi) is 3.14. The van der Waals surface area contributed by atoms with Gasteiger partial charge in [-0.25, -0.2) is 0 Å². The maximum absolute atomic E-state index is 5.80. The van der Waals surface area contributed by atoms with E-state index in [2.05, 4.69) is 30.2 Å². The smallest absolute Gasteiger partial charge is 0.112 e. The first kappa shape index (κ1) is 11.8. The summed E-state index contributed by atoms with van der Waals surface area (Å²) in [6.07, 6.45) is 2.11. The molecule has 3 heterocycles. The average Bonchev–Trinajstić information content (AvgIpc) is 2.39. The number of fused-ring (bicyclic) bond motifs is 1. The summed E-state index contributed by atoms with van der Waals surface area (Å²) in [7, 11) is 0. The molecule has 1 aromatic heterocycles. The van der Waals surface area contributed by atoms with E-state index in [4.69, 9.17) is 9.72 Å². The predicted octanol–water partition coefficient (Wildman–Crippen LogP) is 2.09. The van der Waals surface area contributed by atoms with Gasteiger partial charge in [0.1, 0.15) is 6.10 Å². The molecule has 4 heteroatoms. The number of ether oxygens (including phenoxy) is 1. The van der Waals surface area contributed by atoms with Crippen LogP contribution in [-0.2, 0) is 11.2 Å². The summed E-state index contributed by atoms with van der Waals surface area (Å²) in [6, 6.07) is 2.15. The predicted molar refractivity (Wildman–Crippen MR) is 71.6 cm³/mol. The number of morpholine rings is 1. The Balaban J connectivity index is 1.96. The lowest BCUT2D eigenvalue weighted by atomic mass is 10.0. The van der Waals surface area contributed by atoms with Gasteiger partial charge in [-0.3, -0.25) is 9.98 Å². The molecule has 96 valence electrons. The van der Waals surface area contributed by atoms with Gasteiger partial charge in [0.05, 0.1) is 23.7 Å². The van der Waals surface area contributed by atoms with Gasteiger partial charge in [-0.2, -0.15) is 0 Å². The molecular weight excluding hydrogens is 226 g/mol. The summed E-state index contributed by atoms with van der Waals surface area (Å²) in [4.78, 5) is 9.39. The molecule has 1 unspecified atom stereocenters. The average molecular weight is 245 g/mol. The molecule has 1 aromatic rings. The molecule has 0 bridgehead atoms. The lowest BCUT2D eigenvalue weighted by Crippen LogP contribution is -2.34. The van der Waals surface area contributed by atoms with Crippen molar-refractivity contribution in [2.45, 2.75) is 32.8 Å². The Labute approximate surface area is 107 Å². The fourth-order valence-corrected chi connectivity index (χ4v) is 2.56. The lowest BCUT2D eigenvalue weighted by Gasteiger charge is -2.25. The van der Waals surface area contributed by atoms with E-state index < -0.39 is 0 Å². The van der Waals surface area contributed by atoms with Gasteiger partial charge in [-0.15, -0.1) is 0 Å². The minimum Gasteiger partial charge on any atom is -0.369 e. The van der Waals surface area contributed by atoms with Crippen LogP contribution in [0, 0.1) is 6.92 Å². The van der Waals surface area contributed by atoms with E-state index in [0.29, 0.717) is 0 Å². The highest BCUT2D eigenvalue weighted by atomic mass is 16.5. The number of aliphatic imine (C=N–C) groups is 1. The highest BCUT2D eigenvalue weighted by Gasteiger charge is 2.22. The van der Waals surface area contributed by atoms with E-state index >= 15 is 0 Å². The van der Waals surface area contributed by atoms with Crippen LogP contribution in [0.25, 0.3) is 0 Å². The maximum Gasteiger partial charge on any atom is 0.112 e. The summed E-state index contributed by atoms with van der Waals surface area (Å²) in [5.41, 5.74) is 5.63. The highest BCUT2D eigenvalue weighted by molar-refractivity contribution is 5.86. The van der Waals surface area contributed by atoms with Gasteiger partial charge in [0.15, 0.2) is 0 Å². The summed E-state index contributed by atoms with van der Waals surface area (Å²) in [5, 5.41) is 3.36. The highest BCUT2D eigenvalue weighted by Crippen LogP contribution is 2.30. The number of aryl methyl sites for hydroxylation is 2. The third-order valence-corrected chi connectivity index (χ3v) is 3.58. The number of hydrogen-bond donors (Lipinski definition) is 1. The van der Waals surface area contributed by atoms with Gasteiger partial charge in [0.25, 0.3) is 0 Å². The first-order valence-electron chi connectivity index (χ1n) is 6.61. The molecule has 3 rings (SSSR count). The summed E-state index contributed by atoms with van der Waals surface area (Å²) >= 11 is 0. The second kappa shape index (κ2) is 4.78. The van der Waals surface area contributed by atoms with Crippen LogP contribution in [0.1, 0.15) is 36.4 Å². The topological polar surface area (TPSA) is 46.5 Å². The van der Waals surface area contributed by atoms with Gasteiger partial charge in [-0.1, -0.05) is 0 Å². The van der Waals surface area contributed by atoms with Crippen molar-refractivity contribution in [2.24, 2.45) is 4.99 Å². The molecule has 0 amide bonds. The van der Waals surface area contributed by atoms with Crippen LogP contribution in [0.15, 0.2) is 11.1 Å². The van der Waals surface area contributed by atoms with Crippen molar-refractivity contribution >= 4 is 11.4 Å². The van der Waals surface area contributed by atoms with Crippen molar-refractivity contribution in [1.82, 2.24) is 10.3 Å². The van der Waals surface area contributed by atoms with Gasteiger partial charge >= 0.3 is 0 Å². The van der Waals surface area contributed by atoms with Crippen molar-refractivity contribution in [3.05, 3.63) is 23.0 Å². The summed E-state index contributed by atoms with van der Waals surface area (Å²) in [5.74, 6) is 0. The van der Waals surface area contributed by atoms with E-state index in [9.17, 15) is 0 Å². The molecule has 0 spiro atoms. The lowest BCUT2D eigenvalue weighted by molar-refractivity contribution is 0.0245. The van der Waals surface area contributed by atoms with Gasteiger partial charge in [0.2, 0.25) is 0 Å². The number of rotatable bonds is 1. The molecule has 18 heavy (non-hydrogen) atoms. The zero-order chi connectivity index (χ0) is 12.5. The van der Waals surface area contributed by atoms with Gasteiger partial charge < -0.3 is 10.1 Å². The third kappa shape index (κ3) is 2.18. The molecule has 1 N–H and O–H groups in total. The zero-order valence-electron chi connectivity index (χ0n) is 11.0. The van der Waals surface area contributed by atoms with E-state index in [1.807, 2.05) is 0 Å². The Morgan fingerprint density at radius 1 is 1.33 bits per heavy atom. The van der Waals surface area contributed by atoms with Gasteiger partial charge in [0, 0.05) is 18.8 Å². The molecule has 1 fully saturated rings. The van der Waals surface area contributed by atoms with Crippen LogP contribution < -0.4 is 5.32 Å². The van der Waals surface area contributed by atoms with Crippen molar-refractivity contribution in [3.63, 3.8) is 0 Å². The molecule has 0 aromatic carbocycles. The van der Waals surface area contributed by atoms with E-state index in [0.717, 1.165) is 49.6 Å². The maximum atomic E-state index is 5.80. The molecule has 1 saturated heterocycles. The monoisotopic (exact) mass is 245 g/mol. The summed E-state index contributed by atoms with van der Waals surface area (Å²) < 4.78 is 5.80. The van der Waals surface area contributed by atoms with E-state index in [1.165, 1.54) is 11.3 Å². The SMILES string of the molecule is CC1=Nc2cc(C)c(C3CNCCO3)nc2CC1. The first-order valence-corrected chi connectivity index (χ1v) is 6.61. The number of hydrogen-bond acceptors (Lipinski definition) is 4. The van der Waals surface area contributed by atoms with Crippen LogP contribution in [-0.4, -0.2) is 30.4 Å². The third-order valence-electron chi connectivity index (χ3n) is 3.58. The normalized spacial score (nSPS) is 23.4. The number of nitrogens with zero attached hydrogens (tertiary/aromatic N) is 2.